The van der Waals surface area contributed by atoms with Gasteiger partial charge in [0.2, 0.25) is 5.91 Å². The van der Waals surface area contributed by atoms with Crippen molar-refractivity contribution in [1.82, 2.24) is 5.32 Å². The average Bonchev–Trinajstić information content (AvgIpc) is 2.82. The highest BCUT2D eigenvalue weighted by Gasteiger charge is 2.09. The maximum Gasteiger partial charge on any atom is 0.251 e. The molecule has 7 nitrogen and oxygen atoms in total. The largest absolute Gasteiger partial charge is 0.490 e. The van der Waals surface area contributed by atoms with Crippen LogP contribution < -0.4 is 25.4 Å². The first-order valence-electron chi connectivity index (χ1n) is 10.5. The molecule has 0 unspecified atom stereocenters. The molecular formula is C25H27N3O4. The van der Waals surface area contributed by atoms with Gasteiger partial charge in [0, 0.05) is 17.8 Å². The highest BCUT2D eigenvalue weighted by atomic mass is 16.5. The third kappa shape index (κ3) is 7.05. The molecule has 2 amide bonds. The number of benzene rings is 3. The van der Waals surface area contributed by atoms with Crippen LogP contribution in [0.3, 0.4) is 0 Å². The second-order valence-corrected chi connectivity index (χ2v) is 6.85. The molecule has 0 aromatic heterocycles. The van der Waals surface area contributed by atoms with Gasteiger partial charge >= 0.3 is 0 Å². The van der Waals surface area contributed by atoms with Crippen molar-refractivity contribution in [3.63, 3.8) is 0 Å². The van der Waals surface area contributed by atoms with Crippen molar-refractivity contribution in [1.29, 1.82) is 0 Å². The summed E-state index contributed by atoms with van der Waals surface area (Å²) in [5.41, 5.74) is 1.76. The fraction of sp³-hybridized carbons (Fsp3) is 0.200. The predicted octanol–water partition coefficient (Wildman–Crippen LogP) is 3.94. The first kappa shape index (κ1) is 22.7. The molecule has 0 saturated heterocycles. The van der Waals surface area contributed by atoms with Gasteiger partial charge in [-0.25, -0.2) is 0 Å². The molecule has 0 atom stereocenters. The van der Waals surface area contributed by atoms with Gasteiger partial charge in [-0.05, 0) is 49.4 Å². The van der Waals surface area contributed by atoms with E-state index in [1.165, 1.54) is 0 Å². The molecule has 32 heavy (non-hydrogen) atoms. The maximum atomic E-state index is 12.4. The first-order chi connectivity index (χ1) is 15.7. The van der Waals surface area contributed by atoms with E-state index in [4.69, 9.17) is 9.47 Å². The molecule has 3 rings (SSSR count). The van der Waals surface area contributed by atoms with Gasteiger partial charge in [0.25, 0.3) is 5.91 Å². The summed E-state index contributed by atoms with van der Waals surface area (Å²) in [6.45, 7) is 3.21. The van der Waals surface area contributed by atoms with E-state index in [0.717, 1.165) is 5.75 Å². The second kappa shape index (κ2) is 12.0. The van der Waals surface area contributed by atoms with Gasteiger partial charge in [0.15, 0.2) is 0 Å². The molecule has 0 saturated carbocycles. The summed E-state index contributed by atoms with van der Waals surface area (Å²) in [6.07, 6.45) is 0. The van der Waals surface area contributed by atoms with Crippen LogP contribution in [0.5, 0.6) is 11.5 Å². The Labute approximate surface area is 187 Å². The number of hydrogen-bond donors (Lipinski definition) is 3. The van der Waals surface area contributed by atoms with Crippen LogP contribution in [-0.2, 0) is 4.79 Å². The van der Waals surface area contributed by atoms with Crippen molar-refractivity contribution in [3.8, 4) is 11.5 Å². The fourth-order valence-electron chi connectivity index (χ4n) is 2.95. The molecule has 0 heterocycles. The van der Waals surface area contributed by atoms with Crippen LogP contribution in [-0.4, -0.2) is 38.1 Å². The van der Waals surface area contributed by atoms with Gasteiger partial charge in [-0.2, -0.15) is 0 Å². The number of carbonyl (C=O) groups is 2. The molecule has 3 N–H and O–H groups in total. The average molecular weight is 434 g/mol. The standard InChI is InChI=1S/C25H27N3O4/c1-2-26-25(30)19-9-8-10-20(17-19)28-24(29)18-27-22-13-6-7-14-23(22)32-16-15-31-21-11-4-3-5-12-21/h3-14,17,27H,2,15-16,18H2,1H3,(H,26,30)(H,28,29). The topological polar surface area (TPSA) is 88.7 Å². The lowest BCUT2D eigenvalue weighted by Crippen LogP contribution is -2.24. The zero-order chi connectivity index (χ0) is 22.6. The Hall–Kier alpha value is -4.00. The van der Waals surface area contributed by atoms with E-state index >= 15 is 0 Å². The van der Waals surface area contributed by atoms with Crippen molar-refractivity contribution in [2.45, 2.75) is 6.92 Å². The molecule has 0 radical (unpaired) electrons. The van der Waals surface area contributed by atoms with Gasteiger partial charge in [-0.3, -0.25) is 9.59 Å². The van der Waals surface area contributed by atoms with Gasteiger partial charge in [-0.15, -0.1) is 0 Å². The van der Waals surface area contributed by atoms with E-state index in [9.17, 15) is 9.59 Å². The minimum Gasteiger partial charge on any atom is -0.490 e. The number of hydrogen-bond acceptors (Lipinski definition) is 5. The molecule has 0 fully saturated rings. The number of carbonyl (C=O) groups excluding carboxylic acids is 2. The minimum absolute atomic E-state index is 0.0479. The predicted molar refractivity (Wildman–Crippen MR) is 125 cm³/mol. The molecule has 7 heteroatoms. The Kier molecular flexibility index (Phi) is 8.50. The van der Waals surface area contributed by atoms with E-state index in [1.54, 1.807) is 24.3 Å². The SMILES string of the molecule is CCNC(=O)c1cccc(NC(=O)CNc2ccccc2OCCOc2ccccc2)c1. The molecule has 3 aromatic carbocycles. The molecule has 0 aliphatic carbocycles. The molecule has 166 valence electrons. The quantitative estimate of drug-likeness (QED) is 0.399. The Balaban J connectivity index is 1.48. The number of anilines is 2. The summed E-state index contributed by atoms with van der Waals surface area (Å²) in [5.74, 6) is 1.01. The molecule has 0 bridgehead atoms. The fourth-order valence-corrected chi connectivity index (χ4v) is 2.95. The van der Waals surface area contributed by atoms with E-state index < -0.39 is 0 Å². The Bertz CT molecular complexity index is 1020. The number of para-hydroxylation sites is 3. The zero-order valence-electron chi connectivity index (χ0n) is 18.0. The zero-order valence-corrected chi connectivity index (χ0v) is 18.0. The lowest BCUT2D eigenvalue weighted by Gasteiger charge is -2.14. The van der Waals surface area contributed by atoms with E-state index in [0.29, 0.717) is 42.4 Å². The second-order valence-electron chi connectivity index (χ2n) is 6.85. The summed E-state index contributed by atoms with van der Waals surface area (Å²) >= 11 is 0. The Morgan fingerprint density at radius 3 is 2.41 bits per heavy atom. The summed E-state index contributed by atoms with van der Waals surface area (Å²) in [6, 6.07) is 23.8. The molecule has 0 aliphatic rings. The van der Waals surface area contributed by atoms with E-state index in [2.05, 4.69) is 16.0 Å². The third-order valence-electron chi connectivity index (χ3n) is 4.43. The van der Waals surface area contributed by atoms with Crippen LogP contribution in [0, 0.1) is 0 Å². The summed E-state index contributed by atoms with van der Waals surface area (Å²) in [4.78, 5) is 24.3. The van der Waals surface area contributed by atoms with Crippen molar-refractivity contribution in [2.75, 3.05) is 36.9 Å². The van der Waals surface area contributed by atoms with Crippen LogP contribution in [0.25, 0.3) is 0 Å². The van der Waals surface area contributed by atoms with Gasteiger partial charge < -0.3 is 25.4 Å². The molecule has 0 aliphatic heterocycles. The lowest BCUT2D eigenvalue weighted by molar-refractivity contribution is -0.114. The highest BCUT2D eigenvalue weighted by molar-refractivity contribution is 5.98. The van der Waals surface area contributed by atoms with Crippen molar-refractivity contribution < 1.29 is 19.1 Å². The molecular weight excluding hydrogens is 406 g/mol. The smallest absolute Gasteiger partial charge is 0.251 e. The number of amides is 2. The highest BCUT2D eigenvalue weighted by Crippen LogP contribution is 2.23. The Morgan fingerprint density at radius 1 is 0.844 bits per heavy atom. The van der Waals surface area contributed by atoms with Crippen molar-refractivity contribution in [2.24, 2.45) is 0 Å². The van der Waals surface area contributed by atoms with Crippen LogP contribution in [0.15, 0.2) is 78.9 Å². The van der Waals surface area contributed by atoms with Crippen LogP contribution in [0.1, 0.15) is 17.3 Å². The number of nitrogens with one attached hydrogen (secondary N) is 3. The van der Waals surface area contributed by atoms with Crippen LogP contribution >= 0.6 is 0 Å². The van der Waals surface area contributed by atoms with E-state index in [1.807, 2.05) is 61.5 Å². The molecule has 0 spiro atoms. The maximum absolute atomic E-state index is 12.4. The summed E-state index contributed by atoms with van der Waals surface area (Å²) in [7, 11) is 0. The van der Waals surface area contributed by atoms with Gasteiger partial charge in [0.1, 0.15) is 24.7 Å². The Morgan fingerprint density at radius 2 is 1.59 bits per heavy atom. The number of rotatable bonds is 11. The molecule has 3 aromatic rings. The van der Waals surface area contributed by atoms with Crippen LogP contribution in [0.2, 0.25) is 0 Å². The first-order valence-corrected chi connectivity index (χ1v) is 10.5. The third-order valence-corrected chi connectivity index (χ3v) is 4.43. The minimum atomic E-state index is -0.236. The monoisotopic (exact) mass is 433 g/mol. The van der Waals surface area contributed by atoms with Crippen molar-refractivity contribution in [3.05, 3.63) is 84.4 Å². The van der Waals surface area contributed by atoms with Crippen LogP contribution in [0.4, 0.5) is 11.4 Å². The van der Waals surface area contributed by atoms with Crippen molar-refractivity contribution >= 4 is 23.2 Å². The lowest BCUT2D eigenvalue weighted by atomic mass is 10.2. The normalized spacial score (nSPS) is 10.2. The number of ether oxygens (including phenoxy) is 2. The van der Waals surface area contributed by atoms with Gasteiger partial charge in [0.05, 0.1) is 12.2 Å². The van der Waals surface area contributed by atoms with Gasteiger partial charge in [-0.1, -0.05) is 36.4 Å². The van der Waals surface area contributed by atoms with E-state index in [-0.39, 0.29) is 18.4 Å². The summed E-state index contributed by atoms with van der Waals surface area (Å²) < 4.78 is 11.4. The summed E-state index contributed by atoms with van der Waals surface area (Å²) in [5, 5.41) is 8.63.